The summed E-state index contributed by atoms with van der Waals surface area (Å²) < 4.78 is 7.71. The number of pyridine rings is 1. The van der Waals surface area contributed by atoms with Gasteiger partial charge in [-0.05, 0) is 17.7 Å². The van der Waals surface area contributed by atoms with Crippen LogP contribution in [0.15, 0.2) is 61.3 Å². The van der Waals surface area contributed by atoms with Crippen LogP contribution in [-0.4, -0.2) is 31.4 Å². The molecule has 0 aliphatic heterocycles. The number of rotatable bonds is 7. The van der Waals surface area contributed by atoms with Crippen LogP contribution in [0.5, 0.6) is 5.75 Å². The molecule has 0 saturated heterocycles. The predicted molar refractivity (Wildman–Crippen MR) is 88.3 cm³/mol. The minimum Gasteiger partial charge on any atom is -0.487 e. The highest BCUT2D eigenvalue weighted by atomic mass is 16.5. The van der Waals surface area contributed by atoms with Gasteiger partial charge < -0.3 is 14.4 Å². The second-order valence-corrected chi connectivity index (χ2v) is 5.30. The molecular formula is C18H15N3O4. The number of imidazole rings is 1. The van der Waals surface area contributed by atoms with E-state index >= 15 is 0 Å². The lowest BCUT2D eigenvalue weighted by molar-refractivity contribution is -0.131. The van der Waals surface area contributed by atoms with Gasteiger partial charge in [-0.3, -0.25) is 9.78 Å². The van der Waals surface area contributed by atoms with E-state index in [-0.39, 0.29) is 12.2 Å². The van der Waals surface area contributed by atoms with Gasteiger partial charge in [0.15, 0.2) is 0 Å². The van der Waals surface area contributed by atoms with Crippen LogP contribution in [-0.2, 0) is 17.9 Å². The van der Waals surface area contributed by atoms with E-state index in [4.69, 9.17) is 9.84 Å². The van der Waals surface area contributed by atoms with Gasteiger partial charge in [0.25, 0.3) is 5.78 Å². The molecule has 3 aromatic rings. The number of carbonyl (C=O) groups excluding carboxylic acids is 1. The SMILES string of the molecule is O=C(O)C(=O)c1ccc(COc2cccnc2Cn2ccnc2)cc1. The molecule has 1 aromatic carbocycles. The molecular weight excluding hydrogens is 322 g/mol. The van der Waals surface area contributed by atoms with Gasteiger partial charge in [-0.25, -0.2) is 9.78 Å². The van der Waals surface area contributed by atoms with Gasteiger partial charge in [-0.1, -0.05) is 24.3 Å². The van der Waals surface area contributed by atoms with Crippen LogP contribution in [0.1, 0.15) is 21.6 Å². The van der Waals surface area contributed by atoms with Gasteiger partial charge in [-0.2, -0.15) is 0 Å². The third kappa shape index (κ3) is 4.08. The number of carbonyl (C=O) groups is 2. The lowest BCUT2D eigenvalue weighted by atomic mass is 10.1. The quantitative estimate of drug-likeness (QED) is 0.524. The van der Waals surface area contributed by atoms with Crippen molar-refractivity contribution in [1.29, 1.82) is 0 Å². The summed E-state index contributed by atoms with van der Waals surface area (Å²) in [5.41, 5.74) is 1.73. The Morgan fingerprint density at radius 1 is 1.12 bits per heavy atom. The Morgan fingerprint density at radius 2 is 1.92 bits per heavy atom. The van der Waals surface area contributed by atoms with Crippen LogP contribution in [0.2, 0.25) is 0 Å². The molecule has 7 nitrogen and oxygen atoms in total. The summed E-state index contributed by atoms with van der Waals surface area (Å²) in [6, 6.07) is 9.92. The largest absolute Gasteiger partial charge is 0.487 e. The van der Waals surface area contributed by atoms with E-state index < -0.39 is 11.8 Å². The second-order valence-electron chi connectivity index (χ2n) is 5.30. The first kappa shape index (κ1) is 16.4. The maximum absolute atomic E-state index is 11.4. The maximum Gasteiger partial charge on any atom is 0.377 e. The molecule has 0 aliphatic carbocycles. The summed E-state index contributed by atoms with van der Waals surface area (Å²) in [5, 5.41) is 8.71. The topological polar surface area (TPSA) is 94.3 Å². The molecule has 0 spiro atoms. The molecule has 0 unspecified atom stereocenters. The third-order valence-electron chi connectivity index (χ3n) is 3.54. The minimum absolute atomic E-state index is 0.137. The Hall–Kier alpha value is -3.48. The second kappa shape index (κ2) is 7.39. The number of nitrogens with zero attached hydrogens (tertiary/aromatic N) is 3. The fourth-order valence-electron chi connectivity index (χ4n) is 2.26. The average molecular weight is 337 g/mol. The molecule has 7 heteroatoms. The first-order chi connectivity index (χ1) is 12.1. The number of ether oxygens (including phenoxy) is 1. The summed E-state index contributed by atoms with van der Waals surface area (Å²) in [5.74, 6) is -1.74. The molecule has 3 rings (SSSR count). The highest BCUT2D eigenvalue weighted by Gasteiger charge is 2.14. The van der Waals surface area contributed by atoms with Crippen LogP contribution >= 0.6 is 0 Å². The molecule has 2 aromatic heterocycles. The van der Waals surface area contributed by atoms with Crippen LogP contribution in [0, 0.1) is 0 Å². The Bertz CT molecular complexity index is 874. The van der Waals surface area contributed by atoms with E-state index in [1.54, 1.807) is 36.9 Å². The van der Waals surface area contributed by atoms with Crippen LogP contribution < -0.4 is 4.74 Å². The van der Waals surface area contributed by atoms with Crippen molar-refractivity contribution < 1.29 is 19.4 Å². The van der Waals surface area contributed by atoms with E-state index in [1.807, 2.05) is 16.8 Å². The highest BCUT2D eigenvalue weighted by Crippen LogP contribution is 2.18. The van der Waals surface area contributed by atoms with Gasteiger partial charge in [0.05, 0.1) is 12.9 Å². The van der Waals surface area contributed by atoms with E-state index in [9.17, 15) is 9.59 Å². The molecule has 1 N–H and O–H groups in total. The number of carboxylic acids is 1. The Kier molecular flexibility index (Phi) is 4.84. The Morgan fingerprint density at radius 3 is 2.60 bits per heavy atom. The van der Waals surface area contributed by atoms with Crippen molar-refractivity contribution in [3.63, 3.8) is 0 Å². The lowest BCUT2D eigenvalue weighted by Gasteiger charge is -2.11. The number of Topliss-reactive ketones (excluding diaryl/α,β-unsaturated/α-hetero) is 1. The van der Waals surface area contributed by atoms with Crippen molar-refractivity contribution >= 4 is 11.8 Å². The number of hydrogen-bond acceptors (Lipinski definition) is 5. The molecule has 0 fully saturated rings. The zero-order valence-electron chi connectivity index (χ0n) is 13.2. The summed E-state index contributed by atoms with van der Waals surface area (Å²) >= 11 is 0. The molecule has 0 saturated carbocycles. The van der Waals surface area contributed by atoms with Crippen LogP contribution in [0.4, 0.5) is 0 Å². The number of aromatic nitrogens is 3. The zero-order chi connectivity index (χ0) is 17.6. The molecule has 0 aliphatic rings. The molecule has 0 bridgehead atoms. The summed E-state index contributed by atoms with van der Waals surface area (Å²) in [7, 11) is 0. The fraction of sp³-hybridized carbons (Fsp3) is 0.111. The molecule has 2 heterocycles. The lowest BCUT2D eigenvalue weighted by Crippen LogP contribution is -2.12. The van der Waals surface area contributed by atoms with Crippen molar-refractivity contribution in [2.24, 2.45) is 0 Å². The van der Waals surface area contributed by atoms with Crippen molar-refractivity contribution in [2.75, 3.05) is 0 Å². The third-order valence-corrected chi connectivity index (χ3v) is 3.54. The maximum atomic E-state index is 11.4. The minimum atomic E-state index is -1.47. The first-order valence-electron chi connectivity index (χ1n) is 7.52. The van der Waals surface area contributed by atoms with Crippen molar-refractivity contribution in [2.45, 2.75) is 13.2 Å². The smallest absolute Gasteiger partial charge is 0.377 e. The van der Waals surface area contributed by atoms with Gasteiger partial charge in [0, 0.05) is 24.2 Å². The van der Waals surface area contributed by atoms with Crippen molar-refractivity contribution in [1.82, 2.24) is 14.5 Å². The van der Waals surface area contributed by atoms with E-state index in [1.165, 1.54) is 12.1 Å². The summed E-state index contributed by atoms with van der Waals surface area (Å²) in [6.07, 6.45) is 6.95. The molecule has 0 amide bonds. The average Bonchev–Trinajstić information content (AvgIpc) is 3.14. The monoisotopic (exact) mass is 337 g/mol. The highest BCUT2D eigenvalue weighted by molar-refractivity contribution is 6.39. The number of carboxylic acid groups (broad SMARTS) is 1. The van der Waals surface area contributed by atoms with Crippen molar-refractivity contribution in [3.8, 4) is 5.75 Å². The summed E-state index contributed by atoms with van der Waals surface area (Å²) in [6.45, 7) is 0.826. The molecule has 0 atom stereocenters. The molecule has 25 heavy (non-hydrogen) atoms. The number of hydrogen-bond donors (Lipinski definition) is 1. The van der Waals surface area contributed by atoms with Crippen molar-refractivity contribution in [3.05, 3.63) is 78.1 Å². The van der Waals surface area contributed by atoms with Gasteiger partial charge in [-0.15, -0.1) is 0 Å². The van der Waals surface area contributed by atoms with Crippen LogP contribution in [0.25, 0.3) is 0 Å². The predicted octanol–water partition coefficient (Wildman–Crippen LogP) is 2.17. The Labute approximate surface area is 143 Å². The first-order valence-corrected chi connectivity index (χ1v) is 7.52. The van der Waals surface area contributed by atoms with Crippen LogP contribution in [0.3, 0.4) is 0 Å². The Balaban J connectivity index is 1.67. The molecule has 0 radical (unpaired) electrons. The normalized spacial score (nSPS) is 10.4. The van der Waals surface area contributed by atoms with Gasteiger partial charge in [0.1, 0.15) is 18.1 Å². The number of aliphatic carboxylic acids is 1. The van der Waals surface area contributed by atoms with E-state index in [0.29, 0.717) is 12.3 Å². The molecule has 126 valence electrons. The summed E-state index contributed by atoms with van der Waals surface area (Å²) in [4.78, 5) is 30.4. The standard InChI is InChI=1S/C18H15N3O4/c22-17(18(23)24)14-5-3-13(4-6-14)11-25-16-2-1-7-20-15(16)10-21-9-8-19-12-21/h1-9,12H,10-11H2,(H,23,24). The van der Waals surface area contributed by atoms with E-state index in [2.05, 4.69) is 9.97 Å². The number of benzene rings is 1. The fourth-order valence-corrected chi connectivity index (χ4v) is 2.26. The van der Waals surface area contributed by atoms with Gasteiger partial charge in [0.2, 0.25) is 0 Å². The van der Waals surface area contributed by atoms with E-state index in [0.717, 1.165) is 11.3 Å². The number of ketones is 1. The van der Waals surface area contributed by atoms with Gasteiger partial charge >= 0.3 is 5.97 Å². The zero-order valence-corrected chi connectivity index (χ0v) is 13.2.